The number of nitrogens with one attached hydrogen (secondary N) is 1. The first kappa shape index (κ1) is 18.3. The summed E-state index contributed by atoms with van der Waals surface area (Å²) in [4.78, 5) is 17.4. The number of carbonyl (C=O) groups is 1. The minimum atomic E-state index is -0.0678. The van der Waals surface area contributed by atoms with Gasteiger partial charge in [-0.2, -0.15) is 16.9 Å². The number of hydrogen-bond acceptors (Lipinski definition) is 4. The average molecular weight is 392 g/mol. The fourth-order valence-corrected chi connectivity index (χ4v) is 3.69. The highest BCUT2D eigenvalue weighted by Crippen LogP contribution is 2.19. The summed E-state index contributed by atoms with van der Waals surface area (Å²) < 4.78 is 3.85. The molecule has 2 heterocycles. The predicted octanol–water partition coefficient (Wildman–Crippen LogP) is 3.78. The fraction of sp³-hybridized carbons (Fsp3) is 0.190. The van der Waals surface area contributed by atoms with Crippen molar-refractivity contribution in [2.24, 2.45) is 0 Å². The van der Waals surface area contributed by atoms with Crippen LogP contribution in [0.5, 0.6) is 0 Å². The highest BCUT2D eigenvalue weighted by molar-refractivity contribution is 7.97. The number of nitrogens with zero attached hydrogens (tertiary/aromatic N) is 4. The van der Waals surface area contributed by atoms with Gasteiger partial charge in [0.05, 0.1) is 23.3 Å². The molecule has 142 valence electrons. The highest BCUT2D eigenvalue weighted by Gasteiger charge is 2.13. The zero-order valence-corrected chi connectivity index (χ0v) is 16.4. The summed E-state index contributed by atoms with van der Waals surface area (Å²) in [5.41, 5.74) is 3.76. The molecule has 0 spiro atoms. The van der Waals surface area contributed by atoms with Gasteiger partial charge in [0.1, 0.15) is 12.4 Å². The Hall–Kier alpha value is -3.06. The number of fused-ring (bicyclic) bond motifs is 1. The molecule has 0 radical (unpaired) electrons. The lowest BCUT2D eigenvalue weighted by Gasteiger charge is -2.11. The van der Waals surface area contributed by atoms with Crippen molar-refractivity contribution in [3.05, 3.63) is 78.4 Å². The van der Waals surface area contributed by atoms with E-state index < -0.39 is 0 Å². The van der Waals surface area contributed by atoms with Crippen LogP contribution in [-0.2, 0) is 23.6 Å². The Balaban J connectivity index is 1.50. The molecule has 0 atom stereocenters. The van der Waals surface area contributed by atoms with Crippen molar-refractivity contribution in [3.63, 3.8) is 0 Å². The van der Waals surface area contributed by atoms with Crippen molar-refractivity contribution in [1.82, 2.24) is 19.3 Å². The molecule has 0 aliphatic carbocycles. The van der Waals surface area contributed by atoms with E-state index in [9.17, 15) is 4.79 Å². The summed E-state index contributed by atoms with van der Waals surface area (Å²) in [6.45, 7) is 0.903. The van der Waals surface area contributed by atoms with Crippen LogP contribution in [0.25, 0.3) is 11.0 Å². The quantitative estimate of drug-likeness (QED) is 0.521. The van der Waals surface area contributed by atoms with Gasteiger partial charge in [-0.25, -0.2) is 4.98 Å². The van der Waals surface area contributed by atoms with Crippen molar-refractivity contribution < 1.29 is 4.79 Å². The summed E-state index contributed by atoms with van der Waals surface area (Å²) in [7, 11) is 0. The minimum Gasteiger partial charge on any atom is -0.325 e. The lowest BCUT2D eigenvalue weighted by atomic mass is 10.2. The first-order valence-electron chi connectivity index (χ1n) is 9.02. The summed E-state index contributed by atoms with van der Waals surface area (Å²) in [5, 5.41) is 7.24. The van der Waals surface area contributed by atoms with Crippen LogP contribution in [0.3, 0.4) is 0 Å². The number of amides is 1. The molecule has 0 aliphatic rings. The van der Waals surface area contributed by atoms with E-state index in [2.05, 4.69) is 15.4 Å². The molecule has 0 saturated carbocycles. The first-order chi connectivity index (χ1) is 13.7. The number of imidazole rings is 1. The molecular weight excluding hydrogens is 370 g/mol. The van der Waals surface area contributed by atoms with Crippen LogP contribution in [-0.4, -0.2) is 31.5 Å². The SMILES string of the molecule is CSCc1nc2ccccc2n1CC(=O)Nc1cccc(Cn2cccn2)c1. The standard InChI is InChI=1S/C21H21N5OS/c1-28-15-20-24-18-8-2-3-9-19(18)26(20)14-21(27)23-17-7-4-6-16(12-17)13-25-11-5-10-22-25/h2-12H,13-15H2,1H3,(H,23,27). The number of thioether (sulfide) groups is 1. The van der Waals surface area contributed by atoms with Crippen LogP contribution in [0.2, 0.25) is 0 Å². The zero-order valence-electron chi connectivity index (χ0n) is 15.6. The number of aromatic nitrogens is 4. The number of benzene rings is 2. The van der Waals surface area contributed by atoms with Gasteiger partial charge in [-0.15, -0.1) is 0 Å². The minimum absolute atomic E-state index is 0.0678. The molecule has 28 heavy (non-hydrogen) atoms. The second kappa shape index (κ2) is 8.31. The van der Waals surface area contributed by atoms with Gasteiger partial charge in [0, 0.05) is 18.1 Å². The Kier molecular flexibility index (Phi) is 5.43. The van der Waals surface area contributed by atoms with E-state index in [1.54, 1.807) is 18.0 Å². The number of rotatable bonds is 7. The molecule has 0 aliphatic heterocycles. The summed E-state index contributed by atoms with van der Waals surface area (Å²) >= 11 is 1.70. The van der Waals surface area contributed by atoms with Crippen LogP contribution in [0.4, 0.5) is 5.69 Å². The maximum absolute atomic E-state index is 12.7. The molecule has 2 aromatic carbocycles. The van der Waals surface area contributed by atoms with E-state index in [1.807, 2.05) is 76.3 Å². The number of anilines is 1. The third kappa shape index (κ3) is 4.09. The monoisotopic (exact) mass is 391 g/mol. The van der Waals surface area contributed by atoms with Crippen LogP contribution < -0.4 is 5.32 Å². The van der Waals surface area contributed by atoms with Gasteiger partial charge >= 0.3 is 0 Å². The molecule has 0 bridgehead atoms. The first-order valence-corrected chi connectivity index (χ1v) is 10.4. The van der Waals surface area contributed by atoms with E-state index in [1.165, 1.54) is 0 Å². The van der Waals surface area contributed by atoms with Crippen molar-refractivity contribution in [2.45, 2.75) is 18.8 Å². The van der Waals surface area contributed by atoms with E-state index in [-0.39, 0.29) is 12.5 Å². The molecule has 6 nitrogen and oxygen atoms in total. The van der Waals surface area contributed by atoms with Crippen molar-refractivity contribution in [2.75, 3.05) is 11.6 Å². The predicted molar refractivity (Wildman–Crippen MR) is 113 cm³/mol. The average Bonchev–Trinajstić information content (AvgIpc) is 3.31. The molecular formula is C21H21N5OS. The van der Waals surface area contributed by atoms with Gasteiger partial charge in [0.15, 0.2) is 0 Å². The molecule has 1 N–H and O–H groups in total. The van der Waals surface area contributed by atoms with Crippen LogP contribution in [0.15, 0.2) is 67.0 Å². The fourth-order valence-electron chi connectivity index (χ4n) is 3.21. The Morgan fingerprint density at radius 1 is 1.14 bits per heavy atom. The Labute approximate surface area is 167 Å². The van der Waals surface area contributed by atoms with Crippen LogP contribution >= 0.6 is 11.8 Å². The van der Waals surface area contributed by atoms with Gasteiger partial charge in [0.25, 0.3) is 0 Å². The van der Waals surface area contributed by atoms with Crippen LogP contribution in [0.1, 0.15) is 11.4 Å². The lowest BCUT2D eigenvalue weighted by Crippen LogP contribution is -2.20. The molecule has 1 amide bonds. The summed E-state index contributed by atoms with van der Waals surface area (Å²) in [6, 6.07) is 17.7. The molecule has 4 aromatic rings. The van der Waals surface area contributed by atoms with Crippen LogP contribution in [0, 0.1) is 0 Å². The Morgan fingerprint density at radius 2 is 2.04 bits per heavy atom. The third-order valence-corrected chi connectivity index (χ3v) is 4.97. The Morgan fingerprint density at radius 3 is 2.86 bits per heavy atom. The number of carbonyl (C=O) groups excluding carboxylic acids is 1. The molecule has 4 rings (SSSR count). The number of hydrogen-bond donors (Lipinski definition) is 1. The lowest BCUT2D eigenvalue weighted by molar-refractivity contribution is -0.116. The van der Waals surface area contributed by atoms with Gasteiger partial charge in [0.2, 0.25) is 5.91 Å². The van der Waals surface area contributed by atoms with Gasteiger partial charge in [-0.3, -0.25) is 9.48 Å². The molecule has 2 aromatic heterocycles. The normalized spacial score (nSPS) is 11.0. The maximum Gasteiger partial charge on any atom is 0.244 e. The molecule has 0 saturated heterocycles. The van der Waals surface area contributed by atoms with E-state index >= 15 is 0 Å². The van der Waals surface area contributed by atoms with Gasteiger partial charge < -0.3 is 9.88 Å². The highest BCUT2D eigenvalue weighted by atomic mass is 32.2. The zero-order chi connectivity index (χ0) is 19.3. The largest absolute Gasteiger partial charge is 0.325 e. The van der Waals surface area contributed by atoms with Crippen molar-refractivity contribution >= 4 is 34.4 Å². The second-order valence-corrected chi connectivity index (χ2v) is 7.35. The summed E-state index contributed by atoms with van der Waals surface area (Å²) in [5.74, 6) is 1.61. The van der Waals surface area contributed by atoms with Crippen molar-refractivity contribution in [3.8, 4) is 0 Å². The van der Waals surface area contributed by atoms with E-state index in [0.29, 0.717) is 6.54 Å². The van der Waals surface area contributed by atoms with E-state index in [0.717, 1.165) is 33.9 Å². The van der Waals surface area contributed by atoms with E-state index in [4.69, 9.17) is 0 Å². The number of para-hydroxylation sites is 2. The molecule has 7 heteroatoms. The smallest absolute Gasteiger partial charge is 0.244 e. The Bertz CT molecular complexity index is 1090. The summed E-state index contributed by atoms with van der Waals surface area (Å²) in [6.07, 6.45) is 5.71. The van der Waals surface area contributed by atoms with Gasteiger partial charge in [-0.1, -0.05) is 24.3 Å². The maximum atomic E-state index is 12.7. The van der Waals surface area contributed by atoms with Crippen molar-refractivity contribution in [1.29, 1.82) is 0 Å². The molecule has 0 fully saturated rings. The second-order valence-electron chi connectivity index (χ2n) is 6.49. The third-order valence-electron chi connectivity index (χ3n) is 4.42. The topological polar surface area (TPSA) is 64.7 Å². The molecule has 0 unspecified atom stereocenters. The van der Waals surface area contributed by atoms with Gasteiger partial charge in [-0.05, 0) is 42.2 Å².